The molecule has 2 N–H and O–H groups in total. The molecule has 0 aromatic heterocycles. The van der Waals surface area contributed by atoms with E-state index in [-0.39, 0.29) is 38.3 Å². The maximum Gasteiger partial charge on any atom is 0.303 e. The first-order valence-corrected chi connectivity index (χ1v) is 8.21. The zero-order chi connectivity index (χ0) is 19.9. The van der Waals surface area contributed by atoms with Crippen molar-refractivity contribution in [2.24, 2.45) is 0 Å². The number of carboxylic acid groups (broad SMARTS) is 1. The van der Waals surface area contributed by atoms with Crippen molar-refractivity contribution in [2.45, 2.75) is 58.3 Å². The number of hydrogen-bond donors (Lipinski definition) is 2. The fraction of sp³-hybridized carbons (Fsp3) is 0.688. The summed E-state index contributed by atoms with van der Waals surface area (Å²) in [7, 11) is 0. The van der Waals surface area contributed by atoms with E-state index in [1.54, 1.807) is 0 Å². The number of carbonyl (C=O) groups excluding carboxylic acids is 4. The standard InChI is InChI=1S/C16H24N2O8/c1-9(19)17-12-7-18(14(22)5-4-6-15(23)24)8-13(25-10(2)20)16(12)26-11(3)21/h12-13,16H,4-8H2,1-3H3,(H,17,19)(H,23,24)/t12-,13-,16+/m0/s1. The summed E-state index contributed by atoms with van der Waals surface area (Å²) in [5.74, 6) is -2.95. The minimum Gasteiger partial charge on any atom is -0.481 e. The van der Waals surface area contributed by atoms with Gasteiger partial charge in [-0.1, -0.05) is 0 Å². The van der Waals surface area contributed by atoms with E-state index in [0.717, 1.165) is 0 Å². The zero-order valence-electron chi connectivity index (χ0n) is 15.0. The van der Waals surface area contributed by atoms with Gasteiger partial charge < -0.3 is 24.8 Å². The summed E-state index contributed by atoms with van der Waals surface area (Å²) in [6.07, 6.45) is -1.84. The fourth-order valence-electron chi connectivity index (χ4n) is 2.80. The summed E-state index contributed by atoms with van der Waals surface area (Å²) in [6, 6.07) is -0.752. The molecule has 0 aromatic carbocycles. The smallest absolute Gasteiger partial charge is 0.303 e. The summed E-state index contributed by atoms with van der Waals surface area (Å²) >= 11 is 0. The third kappa shape index (κ3) is 7.08. The molecule has 1 rings (SSSR count). The molecule has 0 unspecified atom stereocenters. The molecule has 0 spiro atoms. The van der Waals surface area contributed by atoms with Crippen LogP contribution >= 0.6 is 0 Å². The number of carbonyl (C=O) groups is 5. The molecule has 1 aliphatic rings. The average molecular weight is 372 g/mol. The van der Waals surface area contributed by atoms with Gasteiger partial charge in [0.15, 0.2) is 12.2 Å². The van der Waals surface area contributed by atoms with Gasteiger partial charge >= 0.3 is 17.9 Å². The molecule has 1 saturated heterocycles. The highest BCUT2D eigenvalue weighted by Gasteiger charge is 2.43. The number of likely N-dealkylation sites (tertiary alicyclic amines) is 1. The van der Waals surface area contributed by atoms with E-state index in [9.17, 15) is 24.0 Å². The number of rotatable bonds is 7. The normalized spacial score (nSPS) is 22.3. The van der Waals surface area contributed by atoms with Crippen LogP contribution in [0.4, 0.5) is 0 Å². The molecule has 26 heavy (non-hydrogen) atoms. The molecule has 10 heteroatoms. The van der Waals surface area contributed by atoms with Crippen LogP contribution in [0.15, 0.2) is 0 Å². The first kappa shape index (κ1) is 21.4. The van der Waals surface area contributed by atoms with Gasteiger partial charge in [-0.05, 0) is 6.42 Å². The van der Waals surface area contributed by atoms with E-state index >= 15 is 0 Å². The number of nitrogens with one attached hydrogen (secondary N) is 1. The Morgan fingerprint density at radius 1 is 1.00 bits per heavy atom. The number of amides is 2. The van der Waals surface area contributed by atoms with Crippen LogP contribution in [-0.4, -0.2) is 71.1 Å². The number of ether oxygens (including phenoxy) is 2. The second kappa shape index (κ2) is 9.73. The molecule has 146 valence electrons. The fourth-order valence-corrected chi connectivity index (χ4v) is 2.80. The molecule has 0 aromatic rings. The van der Waals surface area contributed by atoms with Crippen molar-refractivity contribution in [2.75, 3.05) is 13.1 Å². The van der Waals surface area contributed by atoms with Crippen LogP contribution in [0, 0.1) is 0 Å². The Hall–Kier alpha value is -2.65. The van der Waals surface area contributed by atoms with Gasteiger partial charge in [0.25, 0.3) is 0 Å². The second-order valence-electron chi connectivity index (χ2n) is 6.07. The number of esters is 2. The lowest BCUT2D eigenvalue weighted by Crippen LogP contribution is -2.64. The number of nitrogens with zero attached hydrogens (tertiary/aromatic N) is 1. The van der Waals surface area contributed by atoms with Crippen LogP contribution in [0.5, 0.6) is 0 Å². The maximum absolute atomic E-state index is 12.3. The van der Waals surface area contributed by atoms with Crippen LogP contribution in [0.1, 0.15) is 40.0 Å². The molecular formula is C16H24N2O8. The van der Waals surface area contributed by atoms with Gasteiger partial charge in [0.2, 0.25) is 11.8 Å². The second-order valence-corrected chi connectivity index (χ2v) is 6.07. The summed E-state index contributed by atoms with van der Waals surface area (Å²) < 4.78 is 10.4. The molecule has 0 saturated carbocycles. The number of aliphatic carboxylic acids is 1. The predicted molar refractivity (Wildman–Crippen MR) is 86.8 cm³/mol. The SMILES string of the molecule is CC(=O)N[C@H]1CN(C(=O)CCCC(=O)O)C[C@H](OC(C)=O)[C@@H]1OC(C)=O. The third-order valence-corrected chi connectivity index (χ3v) is 3.72. The zero-order valence-corrected chi connectivity index (χ0v) is 15.0. The molecule has 3 atom stereocenters. The molecule has 0 radical (unpaired) electrons. The van der Waals surface area contributed by atoms with E-state index in [4.69, 9.17) is 14.6 Å². The van der Waals surface area contributed by atoms with E-state index < -0.39 is 42.1 Å². The minimum atomic E-state index is -1.000. The van der Waals surface area contributed by atoms with Crippen molar-refractivity contribution in [3.8, 4) is 0 Å². The maximum atomic E-state index is 12.3. The molecule has 10 nitrogen and oxygen atoms in total. The van der Waals surface area contributed by atoms with Crippen LogP contribution in [0.25, 0.3) is 0 Å². The first-order valence-electron chi connectivity index (χ1n) is 8.21. The highest BCUT2D eigenvalue weighted by atomic mass is 16.6. The van der Waals surface area contributed by atoms with Gasteiger partial charge in [-0.2, -0.15) is 0 Å². The van der Waals surface area contributed by atoms with Gasteiger partial charge in [-0.25, -0.2) is 0 Å². The van der Waals surface area contributed by atoms with Crippen molar-refractivity contribution in [1.29, 1.82) is 0 Å². The molecule has 0 bridgehead atoms. The summed E-state index contributed by atoms with van der Waals surface area (Å²) in [4.78, 5) is 58.5. The van der Waals surface area contributed by atoms with Crippen LogP contribution in [-0.2, 0) is 33.4 Å². The minimum absolute atomic E-state index is 0.00408. The Balaban J connectivity index is 2.93. The van der Waals surface area contributed by atoms with Gasteiger partial charge in [-0.3, -0.25) is 24.0 Å². The van der Waals surface area contributed by atoms with Gasteiger partial charge in [0, 0.05) is 40.2 Å². The monoisotopic (exact) mass is 372 g/mol. The lowest BCUT2D eigenvalue weighted by molar-refractivity contribution is -0.177. The Labute approximate surface area is 150 Å². The largest absolute Gasteiger partial charge is 0.481 e. The summed E-state index contributed by atoms with van der Waals surface area (Å²) in [5, 5.41) is 11.3. The molecule has 1 fully saturated rings. The first-order chi connectivity index (χ1) is 12.1. The van der Waals surface area contributed by atoms with E-state index in [2.05, 4.69) is 5.32 Å². The van der Waals surface area contributed by atoms with Crippen molar-refractivity contribution in [1.82, 2.24) is 10.2 Å². The van der Waals surface area contributed by atoms with E-state index in [1.807, 2.05) is 0 Å². The van der Waals surface area contributed by atoms with Gasteiger partial charge in [-0.15, -0.1) is 0 Å². The highest BCUT2D eigenvalue weighted by molar-refractivity contribution is 5.78. The lowest BCUT2D eigenvalue weighted by atomic mass is 9.98. The number of carboxylic acids is 1. The van der Waals surface area contributed by atoms with Gasteiger partial charge in [0.05, 0.1) is 12.6 Å². The number of piperidine rings is 1. The Morgan fingerprint density at radius 3 is 2.12 bits per heavy atom. The van der Waals surface area contributed by atoms with Gasteiger partial charge in [0.1, 0.15) is 0 Å². The molecule has 1 heterocycles. The third-order valence-electron chi connectivity index (χ3n) is 3.72. The lowest BCUT2D eigenvalue weighted by Gasteiger charge is -2.42. The average Bonchev–Trinajstić information content (AvgIpc) is 2.48. The van der Waals surface area contributed by atoms with Crippen molar-refractivity contribution in [3.05, 3.63) is 0 Å². The Kier molecular flexibility index (Phi) is 8.01. The predicted octanol–water partition coefficient (Wildman–Crippen LogP) is -0.548. The molecule has 2 amide bonds. The van der Waals surface area contributed by atoms with Crippen molar-refractivity contribution < 1.29 is 38.6 Å². The number of hydrogen-bond acceptors (Lipinski definition) is 7. The topological polar surface area (TPSA) is 139 Å². The van der Waals surface area contributed by atoms with E-state index in [1.165, 1.54) is 25.7 Å². The highest BCUT2D eigenvalue weighted by Crippen LogP contribution is 2.20. The van der Waals surface area contributed by atoms with Crippen LogP contribution < -0.4 is 5.32 Å². The van der Waals surface area contributed by atoms with Crippen LogP contribution in [0.3, 0.4) is 0 Å². The Bertz CT molecular complexity index is 551. The van der Waals surface area contributed by atoms with Crippen LogP contribution in [0.2, 0.25) is 0 Å². The quantitative estimate of drug-likeness (QED) is 0.568. The Morgan fingerprint density at radius 2 is 1.62 bits per heavy atom. The van der Waals surface area contributed by atoms with E-state index in [0.29, 0.717) is 0 Å². The molecular weight excluding hydrogens is 348 g/mol. The summed E-state index contributed by atoms with van der Waals surface area (Å²) in [5.41, 5.74) is 0. The summed E-state index contributed by atoms with van der Waals surface area (Å²) in [6.45, 7) is 3.70. The molecule has 1 aliphatic heterocycles. The van der Waals surface area contributed by atoms with Crippen molar-refractivity contribution in [3.63, 3.8) is 0 Å². The molecule has 0 aliphatic carbocycles. The van der Waals surface area contributed by atoms with Crippen molar-refractivity contribution >= 4 is 29.7 Å².